The van der Waals surface area contributed by atoms with E-state index < -0.39 is 0 Å². The van der Waals surface area contributed by atoms with Crippen LogP contribution in [0.3, 0.4) is 0 Å². The molecule has 1 aromatic carbocycles. The van der Waals surface area contributed by atoms with Gasteiger partial charge in [-0.15, -0.1) is 0 Å². The van der Waals surface area contributed by atoms with Crippen LogP contribution in [-0.2, 0) is 17.9 Å². The molecule has 32 heavy (non-hydrogen) atoms. The second-order valence-electron chi connectivity index (χ2n) is 9.96. The summed E-state index contributed by atoms with van der Waals surface area (Å²) < 4.78 is 6.17. The van der Waals surface area contributed by atoms with Gasteiger partial charge in [0.05, 0.1) is 12.2 Å². The monoisotopic (exact) mass is 433 g/mol. The van der Waals surface area contributed by atoms with E-state index in [1.54, 1.807) is 0 Å². The second kappa shape index (κ2) is 8.03. The summed E-state index contributed by atoms with van der Waals surface area (Å²) in [5.74, 6) is 2.44. The zero-order valence-corrected chi connectivity index (χ0v) is 18.7. The lowest BCUT2D eigenvalue weighted by atomic mass is 10.1. The van der Waals surface area contributed by atoms with Crippen molar-refractivity contribution in [3.63, 3.8) is 0 Å². The fourth-order valence-electron chi connectivity index (χ4n) is 5.67. The minimum Gasteiger partial charge on any atom is -0.460 e. The summed E-state index contributed by atoms with van der Waals surface area (Å²) in [5.41, 5.74) is 3.98. The van der Waals surface area contributed by atoms with E-state index >= 15 is 0 Å². The highest BCUT2D eigenvalue weighted by molar-refractivity contribution is 6.00. The first-order valence-corrected chi connectivity index (χ1v) is 12.0. The molecule has 2 unspecified atom stereocenters. The molecule has 1 amide bonds. The number of rotatable bonds is 6. The van der Waals surface area contributed by atoms with Gasteiger partial charge in [0.15, 0.2) is 5.82 Å². The number of nitrogens with one attached hydrogen (secondary N) is 1. The Bertz CT molecular complexity index is 1020. The van der Waals surface area contributed by atoms with Crippen molar-refractivity contribution < 1.29 is 9.53 Å². The van der Waals surface area contributed by atoms with Crippen molar-refractivity contribution in [3.05, 3.63) is 41.1 Å². The third-order valence-corrected chi connectivity index (χ3v) is 7.39. The number of nitrogens with zero attached hydrogens (tertiary/aromatic N) is 4. The molecule has 2 aliphatic carbocycles. The maximum atomic E-state index is 12.4. The van der Waals surface area contributed by atoms with Crippen molar-refractivity contribution in [2.24, 2.45) is 11.8 Å². The third-order valence-electron chi connectivity index (χ3n) is 7.39. The van der Waals surface area contributed by atoms with Crippen LogP contribution < -0.4 is 15.0 Å². The molecule has 168 valence electrons. The van der Waals surface area contributed by atoms with Crippen LogP contribution in [0.2, 0.25) is 0 Å². The SMILES string of the molecule is Cc1nc(OC2CC3CC3C2)nc2c1NC(=O)CN2Cc1cccc(CN2CCCC2)c1. The number of benzene rings is 1. The van der Waals surface area contributed by atoms with Crippen LogP contribution in [0, 0.1) is 18.8 Å². The van der Waals surface area contributed by atoms with E-state index in [0.29, 0.717) is 18.2 Å². The fourth-order valence-corrected chi connectivity index (χ4v) is 5.67. The van der Waals surface area contributed by atoms with Crippen LogP contribution in [-0.4, -0.2) is 46.5 Å². The van der Waals surface area contributed by atoms with E-state index in [1.807, 2.05) is 6.92 Å². The van der Waals surface area contributed by atoms with E-state index in [2.05, 4.69) is 44.4 Å². The molecule has 4 aliphatic rings. The highest BCUT2D eigenvalue weighted by Gasteiger charge is 2.47. The van der Waals surface area contributed by atoms with E-state index in [0.717, 1.165) is 42.7 Å². The first-order chi connectivity index (χ1) is 15.6. The smallest absolute Gasteiger partial charge is 0.319 e. The van der Waals surface area contributed by atoms with Gasteiger partial charge < -0.3 is 15.0 Å². The molecular weight excluding hydrogens is 402 g/mol. The highest BCUT2D eigenvalue weighted by atomic mass is 16.5. The zero-order chi connectivity index (χ0) is 21.7. The van der Waals surface area contributed by atoms with Crippen LogP contribution in [0.25, 0.3) is 0 Å². The minimum absolute atomic E-state index is 0.0260. The molecular formula is C25H31N5O2. The number of likely N-dealkylation sites (tertiary alicyclic amines) is 1. The van der Waals surface area contributed by atoms with Crippen molar-refractivity contribution in [3.8, 4) is 6.01 Å². The van der Waals surface area contributed by atoms with Crippen molar-refractivity contribution in [1.82, 2.24) is 14.9 Å². The summed E-state index contributed by atoms with van der Waals surface area (Å²) >= 11 is 0. The van der Waals surface area contributed by atoms with E-state index in [-0.39, 0.29) is 18.6 Å². The predicted molar refractivity (Wildman–Crippen MR) is 123 cm³/mol. The average Bonchev–Trinajstić information content (AvgIpc) is 3.11. The van der Waals surface area contributed by atoms with Gasteiger partial charge in [-0.3, -0.25) is 9.69 Å². The molecule has 2 saturated carbocycles. The van der Waals surface area contributed by atoms with Crippen LogP contribution >= 0.6 is 0 Å². The standard InChI is InChI=1S/C25H31N5O2/c1-16-23-24(28-25(26-16)32-21-11-19-10-20(19)12-21)30(15-22(31)27-23)14-18-6-4-5-17(9-18)13-29-7-2-3-8-29/h4-6,9,19-21H,2-3,7-8,10-15H2,1H3,(H,27,31). The Morgan fingerprint density at radius 2 is 1.81 bits per heavy atom. The summed E-state index contributed by atoms with van der Waals surface area (Å²) in [7, 11) is 0. The number of aromatic nitrogens is 2. The molecule has 7 nitrogen and oxygen atoms in total. The number of ether oxygens (including phenoxy) is 1. The van der Waals surface area contributed by atoms with E-state index in [4.69, 9.17) is 9.72 Å². The average molecular weight is 434 g/mol. The van der Waals surface area contributed by atoms with Crippen molar-refractivity contribution in [1.29, 1.82) is 0 Å². The van der Waals surface area contributed by atoms with Gasteiger partial charge in [0.1, 0.15) is 11.8 Å². The largest absolute Gasteiger partial charge is 0.460 e. The molecule has 3 fully saturated rings. The van der Waals surface area contributed by atoms with Crippen molar-refractivity contribution in [2.75, 3.05) is 29.9 Å². The summed E-state index contributed by atoms with van der Waals surface area (Å²) in [6, 6.07) is 9.16. The van der Waals surface area contributed by atoms with E-state index in [1.165, 1.54) is 43.5 Å². The third kappa shape index (κ3) is 4.06. The molecule has 3 heterocycles. The fraction of sp³-hybridized carbons (Fsp3) is 0.560. The zero-order valence-electron chi connectivity index (χ0n) is 18.7. The summed E-state index contributed by atoms with van der Waals surface area (Å²) in [5, 5.41) is 2.97. The quantitative estimate of drug-likeness (QED) is 0.752. The Kier molecular flexibility index (Phi) is 5.01. The normalized spacial score (nSPS) is 26.6. The first kappa shape index (κ1) is 20.0. The molecule has 0 bridgehead atoms. The number of hydrogen-bond acceptors (Lipinski definition) is 6. The van der Waals surface area contributed by atoms with Gasteiger partial charge in [-0.25, -0.2) is 0 Å². The lowest BCUT2D eigenvalue weighted by Crippen LogP contribution is -2.39. The Balaban J connectivity index is 1.22. The van der Waals surface area contributed by atoms with Gasteiger partial charge in [-0.05, 0) is 75.1 Å². The number of aryl methyl sites for hydroxylation is 1. The Morgan fingerprint density at radius 3 is 2.59 bits per heavy atom. The minimum atomic E-state index is -0.0260. The van der Waals surface area contributed by atoms with Gasteiger partial charge in [0.2, 0.25) is 5.91 Å². The first-order valence-electron chi connectivity index (χ1n) is 12.0. The van der Waals surface area contributed by atoms with Crippen LogP contribution in [0.15, 0.2) is 24.3 Å². The predicted octanol–water partition coefficient (Wildman–Crippen LogP) is 3.52. The topological polar surface area (TPSA) is 70.6 Å². The summed E-state index contributed by atoms with van der Waals surface area (Å²) in [6.45, 7) is 6.20. The lowest BCUT2D eigenvalue weighted by Gasteiger charge is -2.31. The number of hydrogen-bond donors (Lipinski definition) is 1. The van der Waals surface area contributed by atoms with Gasteiger partial charge in [-0.1, -0.05) is 24.3 Å². The Labute approximate surface area is 189 Å². The van der Waals surface area contributed by atoms with Gasteiger partial charge in [0, 0.05) is 13.1 Å². The molecule has 2 atom stereocenters. The van der Waals surface area contributed by atoms with Gasteiger partial charge >= 0.3 is 6.01 Å². The van der Waals surface area contributed by atoms with Crippen LogP contribution in [0.4, 0.5) is 11.5 Å². The van der Waals surface area contributed by atoms with E-state index in [9.17, 15) is 4.79 Å². The van der Waals surface area contributed by atoms with Crippen molar-refractivity contribution in [2.45, 2.75) is 58.2 Å². The lowest BCUT2D eigenvalue weighted by molar-refractivity contribution is -0.115. The highest BCUT2D eigenvalue weighted by Crippen LogP contribution is 2.52. The summed E-state index contributed by atoms with van der Waals surface area (Å²) in [4.78, 5) is 26.3. The molecule has 1 saturated heterocycles. The van der Waals surface area contributed by atoms with Crippen LogP contribution in [0.5, 0.6) is 6.01 Å². The molecule has 2 aliphatic heterocycles. The summed E-state index contributed by atoms with van der Waals surface area (Å²) in [6.07, 6.45) is 6.42. The number of carbonyl (C=O) groups is 1. The maximum Gasteiger partial charge on any atom is 0.319 e. The maximum absolute atomic E-state index is 12.4. The molecule has 0 spiro atoms. The van der Waals surface area contributed by atoms with Gasteiger partial charge in [0.25, 0.3) is 0 Å². The molecule has 1 aromatic heterocycles. The molecule has 6 rings (SSSR count). The Hall–Kier alpha value is -2.67. The van der Waals surface area contributed by atoms with Crippen LogP contribution in [0.1, 0.15) is 48.9 Å². The van der Waals surface area contributed by atoms with Gasteiger partial charge in [-0.2, -0.15) is 9.97 Å². The number of anilines is 2. The second-order valence-corrected chi connectivity index (χ2v) is 9.96. The molecule has 1 N–H and O–H groups in total. The molecule has 7 heteroatoms. The number of amides is 1. The Morgan fingerprint density at radius 1 is 1.06 bits per heavy atom. The van der Waals surface area contributed by atoms with Crippen molar-refractivity contribution >= 4 is 17.4 Å². The molecule has 2 aromatic rings. The number of carbonyl (C=O) groups excluding carboxylic acids is 1. The number of fused-ring (bicyclic) bond motifs is 2. The molecule has 0 radical (unpaired) electrons.